The first-order valence-electron chi connectivity index (χ1n) is 4.54. The Labute approximate surface area is 122 Å². The summed E-state index contributed by atoms with van der Waals surface area (Å²) >= 11 is 23.1. The van der Waals surface area contributed by atoms with E-state index in [0.29, 0.717) is 15.7 Å². The smallest absolute Gasteiger partial charge is 0.245 e. The molecule has 0 unspecified atom stereocenters. The van der Waals surface area contributed by atoms with Gasteiger partial charge in [0.05, 0.1) is 10.7 Å². The molecular formula is C9H5Cl4N5. The van der Waals surface area contributed by atoms with Crippen LogP contribution in [-0.2, 0) is 0 Å². The number of anilines is 2. The Bertz CT molecular complexity index is 571. The molecule has 1 heterocycles. The van der Waals surface area contributed by atoms with E-state index in [1.165, 1.54) is 0 Å². The molecule has 0 fully saturated rings. The van der Waals surface area contributed by atoms with Gasteiger partial charge in [-0.2, -0.15) is 15.0 Å². The lowest BCUT2D eigenvalue weighted by Gasteiger charge is -2.17. The second-order valence-corrected chi connectivity index (χ2v) is 4.66. The summed E-state index contributed by atoms with van der Waals surface area (Å²) < 4.78 is 0. The van der Waals surface area contributed by atoms with Gasteiger partial charge in [0.2, 0.25) is 16.5 Å². The minimum absolute atomic E-state index is 0.0643. The minimum atomic E-state index is -0.0643. The van der Waals surface area contributed by atoms with Gasteiger partial charge in [-0.25, -0.2) is 10.9 Å². The van der Waals surface area contributed by atoms with E-state index >= 15 is 0 Å². The third kappa shape index (κ3) is 2.93. The minimum Gasteiger partial charge on any atom is -0.245 e. The number of benzene rings is 1. The number of halogens is 4. The lowest BCUT2D eigenvalue weighted by molar-refractivity contribution is 0.943. The molecule has 0 radical (unpaired) electrons. The number of hydrogen-bond acceptors (Lipinski definition) is 5. The zero-order chi connectivity index (χ0) is 13.3. The first-order chi connectivity index (χ1) is 8.47. The van der Waals surface area contributed by atoms with Crippen molar-refractivity contribution in [2.45, 2.75) is 0 Å². The van der Waals surface area contributed by atoms with Crippen molar-refractivity contribution in [3.05, 3.63) is 38.8 Å². The lowest BCUT2D eigenvalue weighted by atomic mass is 10.3. The molecule has 0 atom stereocenters. The topological polar surface area (TPSA) is 67.9 Å². The van der Waals surface area contributed by atoms with Gasteiger partial charge in [-0.1, -0.05) is 23.2 Å². The highest BCUT2D eigenvalue weighted by atomic mass is 35.5. The number of aromatic nitrogens is 3. The molecule has 0 saturated heterocycles. The van der Waals surface area contributed by atoms with Crippen LogP contribution in [0.25, 0.3) is 0 Å². The number of hydrogen-bond donors (Lipinski definition) is 1. The van der Waals surface area contributed by atoms with Crippen LogP contribution < -0.4 is 10.9 Å². The van der Waals surface area contributed by atoms with Crippen molar-refractivity contribution in [2.75, 3.05) is 5.01 Å². The van der Waals surface area contributed by atoms with Crippen molar-refractivity contribution in [1.82, 2.24) is 15.0 Å². The maximum Gasteiger partial charge on any atom is 0.250 e. The Balaban J connectivity index is 2.44. The van der Waals surface area contributed by atoms with Crippen LogP contribution in [0.15, 0.2) is 18.2 Å². The summed E-state index contributed by atoms with van der Waals surface area (Å²) in [6.07, 6.45) is 0. The molecule has 0 spiro atoms. The molecule has 0 aliphatic rings. The van der Waals surface area contributed by atoms with Gasteiger partial charge in [0, 0.05) is 5.02 Å². The summed E-state index contributed by atoms with van der Waals surface area (Å²) in [7, 11) is 0. The van der Waals surface area contributed by atoms with E-state index in [-0.39, 0.29) is 16.5 Å². The normalized spacial score (nSPS) is 10.5. The molecule has 9 heteroatoms. The van der Waals surface area contributed by atoms with Crippen molar-refractivity contribution >= 4 is 58.0 Å². The maximum absolute atomic E-state index is 6.01. The standard InChI is InChI=1S/C9H5Cl4N5/c10-4-1-2-6(5(11)3-4)18(14)9-16-7(12)15-8(13)17-9/h1-3H,14H2. The van der Waals surface area contributed by atoms with Crippen LogP contribution in [0, 0.1) is 0 Å². The molecule has 2 N–H and O–H groups in total. The quantitative estimate of drug-likeness (QED) is 0.676. The Hall–Kier alpha value is -0.850. The van der Waals surface area contributed by atoms with Crippen LogP contribution in [0.4, 0.5) is 11.6 Å². The largest absolute Gasteiger partial charge is 0.250 e. The molecule has 18 heavy (non-hydrogen) atoms. The van der Waals surface area contributed by atoms with E-state index in [9.17, 15) is 0 Å². The van der Waals surface area contributed by atoms with Gasteiger partial charge < -0.3 is 0 Å². The predicted octanol–water partition coefficient (Wildman–Crippen LogP) is 3.50. The van der Waals surface area contributed by atoms with E-state index in [0.717, 1.165) is 5.01 Å². The highest BCUT2D eigenvalue weighted by Crippen LogP contribution is 2.30. The first-order valence-corrected chi connectivity index (χ1v) is 6.05. The predicted molar refractivity (Wildman–Crippen MR) is 72.6 cm³/mol. The number of nitrogens with zero attached hydrogens (tertiary/aromatic N) is 4. The molecular weight excluding hydrogens is 320 g/mol. The van der Waals surface area contributed by atoms with Crippen LogP contribution in [0.5, 0.6) is 0 Å². The van der Waals surface area contributed by atoms with Gasteiger partial charge in [-0.3, -0.25) is 0 Å². The molecule has 2 aromatic rings. The molecule has 0 aliphatic heterocycles. The molecule has 0 saturated carbocycles. The number of nitrogens with two attached hydrogens (primary N) is 1. The van der Waals surface area contributed by atoms with Gasteiger partial charge in [0.15, 0.2) is 0 Å². The van der Waals surface area contributed by atoms with E-state index < -0.39 is 0 Å². The van der Waals surface area contributed by atoms with Gasteiger partial charge >= 0.3 is 0 Å². The van der Waals surface area contributed by atoms with E-state index in [2.05, 4.69) is 15.0 Å². The number of rotatable bonds is 2. The number of hydrazine groups is 1. The molecule has 0 aliphatic carbocycles. The Kier molecular flexibility index (Phi) is 4.09. The Morgan fingerprint density at radius 3 is 2.11 bits per heavy atom. The lowest BCUT2D eigenvalue weighted by Crippen LogP contribution is -2.27. The fraction of sp³-hybridized carbons (Fsp3) is 0. The fourth-order valence-electron chi connectivity index (χ4n) is 1.21. The SMILES string of the molecule is NN(c1nc(Cl)nc(Cl)n1)c1ccc(Cl)cc1Cl. The summed E-state index contributed by atoms with van der Waals surface area (Å²) in [5, 5.41) is 1.84. The van der Waals surface area contributed by atoms with Crippen molar-refractivity contribution in [2.24, 2.45) is 5.84 Å². The van der Waals surface area contributed by atoms with Gasteiger partial charge in [-0.05, 0) is 41.4 Å². The maximum atomic E-state index is 6.01. The molecule has 1 aromatic heterocycles. The summed E-state index contributed by atoms with van der Waals surface area (Å²) in [6, 6.07) is 4.80. The van der Waals surface area contributed by atoms with Crippen molar-refractivity contribution in [1.29, 1.82) is 0 Å². The Morgan fingerprint density at radius 2 is 1.56 bits per heavy atom. The van der Waals surface area contributed by atoms with Crippen molar-refractivity contribution in [3.63, 3.8) is 0 Å². The monoisotopic (exact) mass is 323 g/mol. The van der Waals surface area contributed by atoms with Gasteiger partial charge in [-0.15, -0.1) is 0 Å². The first kappa shape index (κ1) is 13.6. The highest BCUT2D eigenvalue weighted by Gasteiger charge is 2.14. The van der Waals surface area contributed by atoms with Gasteiger partial charge in [0.1, 0.15) is 0 Å². The summed E-state index contributed by atoms with van der Waals surface area (Å²) in [5.41, 5.74) is 0.458. The highest BCUT2D eigenvalue weighted by molar-refractivity contribution is 6.36. The van der Waals surface area contributed by atoms with E-state index in [1.807, 2.05) is 0 Å². The summed E-state index contributed by atoms with van der Waals surface area (Å²) in [5.74, 6) is 5.91. The van der Waals surface area contributed by atoms with Crippen LogP contribution >= 0.6 is 46.4 Å². The molecule has 5 nitrogen and oxygen atoms in total. The summed E-state index contributed by atoms with van der Waals surface area (Å²) in [4.78, 5) is 11.3. The average Bonchev–Trinajstić information content (AvgIpc) is 2.26. The van der Waals surface area contributed by atoms with Crippen LogP contribution in [0.1, 0.15) is 0 Å². The summed E-state index contributed by atoms with van der Waals surface area (Å²) in [6.45, 7) is 0. The third-order valence-corrected chi connectivity index (χ3v) is 2.83. The second kappa shape index (κ2) is 5.42. The van der Waals surface area contributed by atoms with Crippen LogP contribution in [-0.4, -0.2) is 15.0 Å². The second-order valence-electron chi connectivity index (χ2n) is 3.14. The average molecular weight is 325 g/mol. The van der Waals surface area contributed by atoms with Crippen LogP contribution in [0.2, 0.25) is 20.6 Å². The van der Waals surface area contributed by atoms with Crippen molar-refractivity contribution in [3.8, 4) is 0 Å². The van der Waals surface area contributed by atoms with Gasteiger partial charge in [0.25, 0.3) is 0 Å². The van der Waals surface area contributed by atoms with Crippen LogP contribution in [0.3, 0.4) is 0 Å². The Morgan fingerprint density at radius 1 is 0.944 bits per heavy atom. The van der Waals surface area contributed by atoms with Crippen molar-refractivity contribution < 1.29 is 0 Å². The molecule has 0 bridgehead atoms. The molecule has 1 aromatic carbocycles. The fourth-order valence-corrected chi connectivity index (χ4v) is 2.06. The van der Waals surface area contributed by atoms with E-state index in [4.69, 9.17) is 52.2 Å². The third-order valence-electron chi connectivity index (χ3n) is 1.95. The zero-order valence-corrected chi connectivity index (χ0v) is 11.6. The zero-order valence-electron chi connectivity index (χ0n) is 8.61. The molecule has 94 valence electrons. The van der Waals surface area contributed by atoms with E-state index in [1.54, 1.807) is 18.2 Å². The molecule has 2 rings (SSSR count). The molecule has 0 amide bonds.